The molecule has 30 heavy (non-hydrogen) atoms. The molecular weight excluding hydrogens is 408 g/mol. The molecule has 1 aliphatic heterocycles. The zero-order valence-corrected chi connectivity index (χ0v) is 17.2. The molecule has 1 saturated heterocycles. The Bertz CT molecular complexity index is 1090. The van der Waals surface area contributed by atoms with Crippen LogP contribution in [0.15, 0.2) is 53.6 Å². The van der Waals surface area contributed by atoms with Crippen molar-refractivity contribution in [1.29, 1.82) is 0 Å². The predicted molar refractivity (Wildman–Crippen MR) is 111 cm³/mol. The van der Waals surface area contributed by atoms with Crippen molar-refractivity contribution < 1.29 is 17.8 Å². The molecule has 8 heteroatoms. The van der Waals surface area contributed by atoms with Crippen LogP contribution < -0.4 is 0 Å². The topological polar surface area (TPSA) is 66.1 Å². The summed E-state index contributed by atoms with van der Waals surface area (Å²) in [5, 5.41) is 0. The average Bonchev–Trinajstić information content (AvgIpc) is 3.25. The summed E-state index contributed by atoms with van der Waals surface area (Å²) in [7, 11) is -1.07. The van der Waals surface area contributed by atoms with Crippen molar-refractivity contribution in [3.8, 4) is 11.3 Å². The lowest BCUT2D eigenvalue weighted by Gasteiger charge is -2.31. The van der Waals surface area contributed by atoms with E-state index >= 15 is 0 Å². The Hall–Kier alpha value is -2.87. The standard InChI is InChI=1S/C22H21F2N3O2S/c1-30(29)17-5-2-15(3-6-17)22(28)27-10-8-14(9-11-27)21-25-13-20(26-21)16-4-7-18(23)19(24)12-16/h2-7,12-14H,8-11H2,1H3,(H,25,26)/t30-/m0/s1. The maximum absolute atomic E-state index is 13.5. The van der Waals surface area contributed by atoms with Gasteiger partial charge < -0.3 is 9.88 Å². The molecule has 5 nitrogen and oxygen atoms in total. The third-order valence-corrected chi connectivity index (χ3v) is 6.36. The number of carbonyl (C=O) groups is 1. The van der Waals surface area contributed by atoms with E-state index in [0.717, 1.165) is 30.8 Å². The summed E-state index contributed by atoms with van der Waals surface area (Å²) in [5.41, 5.74) is 1.76. The van der Waals surface area contributed by atoms with E-state index < -0.39 is 22.4 Å². The summed E-state index contributed by atoms with van der Waals surface area (Å²) in [4.78, 5) is 22.9. The van der Waals surface area contributed by atoms with Crippen molar-refractivity contribution in [3.05, 3.63) is 71.7 Å². The van der Waals surface area contributed by atoms with E-state index in [0.29, 0.717) is 34.8 Å². The minimum atomic E-state index is -1.07. The van der Waals surface area contributed by atoms with Gasteiger partial charge in [0.15, 0.2) is 11.6 Å². The van der Waals surface area contributed by atoms with Crippen molar-refractivity contribution in [2.75, 3.05) is 19.3 Å². The number of benzene rings is 2. The lowest BCUT2D eigenvalue weighted by molar-refractivity contribution is 0.0711. The van der Waals surface area contributed by atoms with Crippen molar-refractivity contribution in [1.82, 2.24) is 14.9 Å². The van der Waals surface area contributed by atoms with Crippen LogP contribution in [0.2, 0.25) is 0 Å². The van der Waals surface area contributed by atoms with E-state index in [1.54, 1.807) is 36.7 Å². The molecule has 1 atom stereocenters. The first kappa shape index (κ1) is 20.4. The number of amides is 1. The second-order valence-electron chi connectivity index (χ2n) is 7.36. The zero-order chi connectivity index (χ0) is 21.3. The fourth-order valence-electron chi connectivity index (χ4n) is 3.68. The van der Waals surface area contributed by atoms with Crippen molar-refractivity contribution in [2.45, 2.75) is 23.7 Å². The van der Waals surface area contributed by atoms with Gasteiger partial charge in [-0.05, 0) is 55.3 Å². The van der Waals surface area contributed by atoms with Crippen molar-refractivity contribution >= 4 is 16.7 Å². The van der Waals surface area contributed by atoms with Gasteiger partial charge in [0, 0.05) is 52.1 Å². The molecule has 0 bridgehead atoms. The van der Waals surface area contributed by atoms with Gasteiger partial charge >= 0.3 is 0 Å². The van der Waals surface area contributed by atoms with E-state index in [2.05, 4.69) is 9.97 Å². The second-order valence-corrected chi connectivity index (χ2v) is 8.74. The maximum Gasteiger partial charge on any atom is 0.253 e. The van der Waals surface area contributed by atoms with Crippen LogP contribution in [0.5, 0.6) is 0 Å². The highest BCUT2D eigenvalue weighted by atomic mass is 32.2. The number of aromatic amines is 1. The van der Waals surface area contributed by atoms with E-state index in [9.17, 15) is 17.8 Å². The molecule has 0 spiro atoms. The quantitative estimate of drug-likeness (QED) is 0.679. The fraction of sp³-hybridized carbons (Fsp3) is 0.273. The molecule has 0 unspecified atom stereocenters. The number of halogens is 2. The predicted octanol–water partition coefficient (Wildman–Crippen LogP) is 4.11. The number of carbonyl (C=O) groups excluding carboxylic acids is 1. The largest absolute Gasteiger partial charge is 0.342 e. The summed E-state index contributed by atoms with van der Waals surface area (Å²) in [5.74, 6) is -0.861. The monoisotopic (exact) mass is 429 g/mol. The molecule has 2 heterocycles. The minimum Gasteiger partial charge on any atom is -0.342 e. The van der Waals surface area contributed by atoms with Crippen LogP contribution in [0.1, 0.15) is 34.9 Å². The van der Waals surface area contributed by atoms with Crippen LogP contribution in [0, 0.1) is 11.6 Å². The van der Waals surface area contributed by atoms with Gasteiger partial charge in [-0.15, -0.1) is 0 Å². The molecule has 0 aliphatic carbocycles. The molecule has 1 N–H and O–H groups in total. The van der Waals surface area contributed by atoms with E-state index in [1.165, 1.54) is 6.07 Å². The summed E-state index contributed by atoms with van der Waals surface area (Å²) in [6.45, 7) is 1.21. The smallest absolute Gasteiger partial charge is 0.253 e. The van der Waals surface area contributed by atoms with E-state index in [1.807, 2.05) is 4.90 Å². The highest BCUT2D eigenvalue weighted by Crippen LogP contribution is 2.29. The van der Waals surface area contributed by atoms with Gasteiger partial charge in [0.1, 0.15) is 5.82 Å². The van der Waals surface area contributed by atoms with Crippen LogP contribution >= 0.6 is 0 Å². The van der Waals surface area contributed by atoms with Crippen LogP contribution in [0.4, 0.5) is 8.78 Å². The maximum atomic E-state index is 13.5. The van der Waals surface area contributed by atoms with Gasteiger partial charge in [-0.25, -0.2) is 13.8 Å². The number of aromatic nitrogens is 2. The molecule has 2 aromatic carbocycles. The lowest BCUT2D eigenvalue weighted by atomic mass is 9.95. The normalized spacial score (nSPS) is 15.9. The summed E-state index contributed by atoms with van der Waals surface area (Å²) < 4.78 is 38.1. The second kappa shape index (κ2) is 8.47. The summed E-state index contributed by atoms with van der Waals surface area (Å²) >= 11 is 0. The molecular formula is C22H21F2N3O2S. The van der Waals surface area contributed by atoms with Gasteiger partial charge in [0.25, 0.3) is 5.91 Å². The fourth-order valence-corrected chi connectivity index (χ4v) is 4.20. The molecule has 0 radical (unpaired) electrons. The van der Waals surface area contributed by atoms with Crippen LogP contribution in [-0.4, -0.2) is 44.3 Å². The van der Waals surface area contributed by atoms with Gasteiger partial charge in [0.2, 0.25) is 0 Å². The molecule has 3 aromatic rings. The van der Waals surface area contributed by atoms with Gasteiger partial charge in [-0.3, -0.25) is 9.00 Å². The van der Waals surface area contributed by atoms with Gasteiger partial charge in [0.05, 0.1) is 11.9 Å². The Morgan fingerprint density at radius 3 is 2.43 bits per heavy atom. The first-order chi connectivity index (χ1) is 14.4. The molecule has 4 rings (SSSR count). The third-order valence-electron chi connectivity index (χ3n) is 5.43. The van der Waals surface area contributed by atoms with Crippen LogP contribution in [0.3, 0.4) is 0 Å². The molecule has 1 amide bonds. The first-order valence-corrected chi connectivity index (χ1v) is 11.2. The lowest BCUT2D eigenvalue weighted by Crippen LogP contribution is -2.38. The van der Waals surface area contributed by atoms with Gasteiger partial charge in [-0.1, -0.05) is 0 Å². The molecule has 1 fully saturated rings. The van der Waals surface area contributed by atoms with Gasteiger partial charge in [-0.2, -0.15) is 0 Å². The zero-order valence-electron chi connectivity index (χ0n) is 16.4. The highest BCUT2D eigenvalue weighted by Gasteiger charge is 2.26. The third kappa shape index (κ3) is 4.18. The number of H-pyrrole nitrogens is 1. The molecule has 0 saturated carbocycles. The molecule has 1 aliphatic rings. The van der Waals surface area contributed by atoms with Crippen LogP contribution in [-0.2, 0) is 10.8 Å². The molecule has 156 valence electrons. The first-order valence-electron chi connectivity index (χ1n) is 9.65. The number of piperidine rings is 1. The molecule has 1 aromatic heterocycles. The Morgan fingerprint density at radius 1 is 1.10 bits per heavy atom. The van der Waals surface area contributed by atoms with Crippen molar-refractivity contribution in [3.63, 3.8) is 0 Å². The Morgan fingerprint density at radius 2 is 1.80 bits per heavy atom. The number of nitrogens with zero attached hydrogens (tertiary/aromatic N) is 2. The van der Waals surface area contributed by atoms with Crippen molar-refractivity contribution in [2.24, 2.45) is 0 Å². The number of rotatable bonds is 4. The SMILES string of the molecule is C[S@](=O)c1ccc(C(=O)N2CCC(c3ncc(-c4ccc(F)c(F)c4)[nH]3)CC2)cc1. The number of hydrogen-bond donors (Lipinski definition) is 1. The Balaban J connectivity index is 1.40. The average molecular weight is 429 g/mol. The highest BCUT2D eigenvalue weighted by molar-refractivity contribution is 7.84. The summed E-state index contributed by atoms with van der Waals surface area (Å²) in [6.07, 6.45) is 4.74. The number of nitrogens with one attached hydrogen (secondary N) is 1. The Labute approximate surface area is 175 Å². The Kier molecular flexibility index (Phi) is 5.76. The summed E-state index contributed by atoms with van der Waals surface area (Å²) in [6, 6.07) is 10.6. The number of hydrogen-bond acceptors (Lipinski definition) is 3. The number of likely N-dealkylation sites (tertiary alicyclic amines) is 1. The van der Waals surface area contributed by atoms with Crippen LogP contribution in [0.25, 0.3) is 11.3 Å². The van der Waals surface area contributed by atoms with E-state index in [-0.39, 0.29) is 11.8 Å². The van der Waals surface area contributed by atoms with E-state index in [4.69, 9.17) is 0 Å². The minimum absolute atomic E-state index is 0.0381. The number of imidazole rings is 1.